The summed E-state index contributed by atoms with van der Waals surface area (Å²) in [6.45, 7) is 0.774. The molecule has 4 rings (SSSR count). The molecule has 0 bridgehead atoms. The summed E-state index contributed by atoms with van der Waals surface area (Å²) >= 11 is 0. The van der Waals surface area contributed by atoms with Gasteiger partial charge in [0.15, 0.2) is 5.82 Å². The maximum atomic E-state index is 12.6. The van der Waals surface area contributed by atoms with Crippen molar-refractivity contribution in [2.75, 3.05) is 18.5 Å². The third-order valence-corrected chi connectivity index (χ3v) is 4.85. The first-order valence-corrected chi connectivity index (χ1v) is 9.85. The lowest BCUT2D eigenvalue weighted by atomic mass is 10.0. The van der Waals surface area contributed by atoms with Crippen molar-refractivity contribution in [1.29, 1.82) is 5.26 Å². The van der Waals surface area contributed by atoms with Crippen LogP contribution in [0.1, 0.15) is 28.6 Å². The fraction of sp³-hybridized carbons (Fsp3) is 0.286. The fourth-order valence-electron chi connectivity index (χ4n) is 3.34. The van der Waals surface area contributed by atoms with Crippen LogP contribution in [0.3, 0.4) is 0 Å². The van der Waals surface area contributed by atoms with Crippen molar-refractivity contribution in [2.45, 2.75) is 25.4 Å². The van der Waals surface area contributed by atoms with Crippen molar-refractivity contribution < 1.29 is 14.6 Å². The van der Waals surface area contributed by atoms with Gasteiger partial charge in [0, 0.05) is 18.5 Å². The van der Waals surface area contributed by atoms with Crippen LogP contribution in [-0.4, -0.2) is 44.6 Å². The van der Waals surface area contributed by atoms with Gasteiger partial charge in [0.2, 0.25) is 0 Å². The third kappa shape index (κ3) is 4.96. The molecule has 0 radical (unpaired) electrons. The maximum Gasteiger partial charge on any atom is 0.319 e. The van der Waals surface area contributed by atoms with Gasteiger partial charge in [0.1, 0.15) is 5.75 Å². The fourth-order valence-corrected chi connectivity index (χ4v) is 3.34. The van der Waals surface area contributed by atoms with Crippen LogP contribution >= 0.6 is 0 Å². The second-order valence-electron chi connectivity index (χ2n) is 7.05. The number of carbonyl (C=O) groups excluding carboxylic acids is 1. The molecular weight excluding hydrogens is 398 g/mol. The number of nitrogens with one attached hydrogen (secondary N) is 2. The van der Waals surface area contributed by atoms with E-state index in [1.54, 1.807) is 24.3 Å². The number of anilines is 1. The Morgan fingerprint density at radius 1 is 1.29 bits per heavy atom. The maximum absolute atomic E-state index is 12.6. The van der Waals surface area contributed by atoms with Gasteiger partial charge in [-0.1, -0.05) is 12.1 Å². The molecular formula is C21H21N7O3. The molecule has 2 heterocycles. The van der Waals surface area contributed by atoms with Gasteiger partial charge in [-0.05, 0) is 46.7 Å². The highest BCUT2D eigenvalue weighted by molar-refractivity contribution is 5.89. The Labute approximate surface area is 178 Å². The molecule has 10 heteroatoms. The average molecular weight is 419 g/mol. The Kier molecular flexibility index (Phi) is 6.05. The van der Waals surface area contributed by atoms with Crippen LogP contribution in [0.15, 0.2) is 42.5 Å². The monoisotopic (exact) mass is 419 g/mol. The van der Waals surface area contributed by atoms with Crippen LogP contribution in [0.25, 0.3) is 0 Å². The normalized spacial score (nSPS) is 13.0. The molecule has 1 aromatic heterocycles. The first kappa shape index (κ1) is 20.3. The second kappa shape index (κ2) is 9.23. The van der Waals surface area contributed by atoms with Gasteiger partial charge in [-0.25, -0.2) is 4.79 Å². The van der Waals surface area contributed by atoms with Crippen LogP contribution in [0.5, 0.6) is 5.75 Å². The van der Waals surface area contributed by atoms with E-state index in [0.29, 0.717) is 30.1 Å². The summed E-state index contributed by atoms with van der Waals surface area (Å²) in [6, 6.07) is 13.6. The molecule has 0 saturated heterocycles. The summed E-state index contributed by atoms with van der Waals surface area (Å²) in [7, 11) is 0. The van der Waals surface area contributed by atoms with E-state index in [0.717, 1.165) is 23.3 Å². The standard InChI is InChI=1S/C21H21N7O3/c22-13-14-1-4-17(5-2-14)23-21(30)24-18(20-25-27-28(26-20)8-9-29)12-15-3-6-19-16(11-15)7-10-31-19/h1-6,11,18,29H,7-10,12H2,(H2,23,24,30)/t18-/m0/s1. The number of urea groups is 1. The van der Waals surface area contributed by atoms with Crippen molar-refractivity contribution >= 4 is 11.7 Å². The lowest BCUT2D eigenvalue weighted by Gasteiger charge is -2.17. The summed E-state index contributed by atoms with van der Waals surface area (Å²) < 4.78 is 5.56. The molecule has 3 N–H and O–H groups in total. The van der Waals surface area contributed by atoms with E-state index in [1.165, 1.54) is 4.80 Å². The number of rotatable bonds is 7. The molecule has 3 aromatic rings. The highest BCUT2D eigenvalue weighted by Crippen LogP contribution is 2.27. The number of aliphatic hydroxyl groups excluding tert-OH is 1. The minimum Gasteiger partial charge on any atom is -0.493 e. The number of fused-ring (bicyclic) bond motifs is 1. The van der Waals surface area contributed by atoms with E-state index in [4.69, 9.17) is 15.1 Å². The number of hydrogen-bond acceptors (Lipinski definition) is 7. The Balaban J connectivity index is 1.51. The highest BCUT2D eigenvalue weighted by atomic mass is 16.5. The van der Waals surface area contributed by atoms with E-state index in [2.05, 4.69) is 32.1 Å². The van der Waals surface area contributed by atoms with Gasteiger partial charge >= 0.3 is 6.03 Å². The molecule has 158 valence electrons. The number of aliphatic hydroxyl groups is 1. The zero-order chi connectivity index (χ0) is 21.6. The molecule has 0 unspecified atom stereocenters. The molecule has 10 nitrogen and oxygen atoms in total. The second-order valence-corrected chi connectivity index (χ2v) is 7.05. The van der Waals surface area contributed by atoms with Gasteiger partial charge in [-0.2, -0.15) is 10.1 Å². The van der Waals surface area contributed by atoms with E-state index in [-0.39, 0.29) is 13.2 Å². The first-order valence-electron chi connectivity index (χ1n) is 9.85. The number of benzene rings is 2. The van der Waals surface area contributed by atoms with Crippen molar-refractivity contribution in [1.82, 2.24) is 25.5 Å². The number of amides is 2. The van der Waals surface area contributed by atoms with Gasteiger partial charge < -0.3 is 20.5 Å². The van der Waals surface area contributed by atoms with Gasteiger partial charge in [0.05, 0.1) is 37.4 Å². The Morgan fingerprint density at radius 2 is 2.13 bits per heavy atom. The lowest BCUT2D eigenvalue weighted by Crippen LogP contribution is -2.34. The first-order chi connectivity index (χ1) is 15.1. The zero-order valence-electron chi connectivity index (χ0n) is 16.7. The number of hydrogen-bond donors (Lipinski definition) is 3. The van der Waals surface area contributed by atoms with Crippen LogP contribution in [0.4, 0.5) is 10.5 Å². The quantitative estimate of drug-likeness (QED) is 0.528. The van der Waals surface area contributed by atoms with E-state index < -0.39 is 12.1 Å². The number of nitriles is 1. The molecule has 2 aromatic carbocycles. The largest absolute Gasteiger partial charge is 0.493 e. The molecule has 0 fully saturated rings. The van der Waals surface area contributed by atoms with E-state index >= 15 is 0 Å². The van der Waals surface area contributed by atoms with Crippen molar-refractivity contribution in [3.63, 3.8) is 0 Å². The number of aromatic nitrogens is 4. The molecule has 1 aliphatic rings. The number of nitrogens with zero attached hydrogens (tertiary/aromatic N) is 5. The van der Waals surface area contributed by atoms with Crippen LogP contribution in [0, 0.1) is 11.3 Å². The Morgan fingerprint density at radius 3 is 2.90 bits per heavy atom. The summed E-state index contributed by atoms with van der Waals surface area (Å²) in [5.41, 5.74) is 3.21. The van der Waals surface area contributed by atoms with Crippen molar-refractivity contribution in [3.05, 3.63) is 65.0 Å². The van der Waals surface area contributed by atoms with Crippen LogP contribution in [-0.2, 0) is 19.4 Å². The van der Waals surface area contributed by atoms with Gasteiger partial charge in [0.25, 0.3) is 0 Å². The Hall–Kier alpha value is -3.97. The van der Waals surface area contributed by atoms with E-state index in [9.17, 15) is 4.79 Å². The van der Waals surface area contributed by atoms with Crippen LogP contribution < -0.4 is 15.4 Å². The minimum absolute atomic E-state index is 0.113. The number of ether oxygens (including phenoxy) is 1. The lowest BCUT2D eigenvalue weighted by molar-refractivity contribution is 0.247. The molecule has 2 amide bonds. The molecule has 1 aliphatic heterocycles. The van der Waals surface area contributed by atoms with Crippen molar-refractivity contribution in [3.8, 4) is 11.8 Å². The molecule has 0 spiro atoms. The summed E-state index contributed by atoms with van der Waals surface area (Å²) in [5, 5.41) is 35.9. The SMILES string of the molecule is N#Cc1ccc(NC(=O)N[C@@H](Cc2ccc3c(c2)CCO3)c2nnn(CCO)n2)cc1. The number of tetrazole rings is 1. The van der Waals surface area contributed by atoms with E-state index in [1.807, 2.05) is 18.2 Å². The van der Waals surface area contributed by atoms with Gasteiger partial charge in [-0.3, -0.25) is 0 Å². The topological polar surface area (TPSA) is 138 Å². The van der Waals surface area contributed by atoms with Gasteiger partial charge in [-0.15, -0.1) is 10.2 Å². The summed E-state index contributed by atoms with van der Waals surface area (Å²) in [5.74, 6) is 1.24. The summed E-state index contributed by atoms with van der Waals surface area (Å²) in [6.07, 6.45) is 1.31. The predicted octanol–water partition coefficient (Wildman–Crippen LogP) is 1.58. The van der Waals surface area contributed by atoms with Crippen molar-refractivity contribution in [2.24, 2.45) is 0 Å². The number of carbonyl (C=O) groups is 1. The smallest absolute Gasteiger partial charge is 0.319 e. The summed E-state index contributed by atoms with van der Waals surface area (Å²) in [4.78, 5) is 13.9. The predicted molar refractivity (Wildman–Crippen MR) is 110 cm³/mol. The Bertz CT molecular complexity index is 1100. The molecule has 0 saturated carbocycles. The zero-order valence-corrected chi connectivity index (χ0v) is 16.7. The minimum atomic E-state index is -0.536. The molecule has 1 atom stereocenters. The third-order valence-electron chi connectivity index (χ3n) is 4.85. The molecule has 0 aliphatic carbocycles. The molecule has 31 heavy (non-hydrogen) atoms. The highest BCUT2D eigenvalue weighted by Gasteiger charge is 2.22. The van der Waals surface area contributed by atoms with Crippen LogP contribution in [0.2, 0.25) is 0 Å². The average Bonchev–Trinajstić information content (AvgIpc) is 3.43.